The molecule has 160 valence electrons. The summed E-state index contributed by atoms with van der Waals surface area (Å²) in [4.78, 5) is 35.1. The lowest BCUT2D eigenvalue weighted by Gasteiger charge is -2.34. The Morgan fingerprint density at radius 3 is 2.72 bits per heavy atom. The highest BCUT2D eigenvalue weighted by Gasteiger charge is 2.28. The molecular formula is C20H29N3O6. The molecule has 1 fully saturated rings. The van der Waals surface area contributed by atoms with Gasteiger partial charge in [0.2, 0.25) is 0 Å². The van der Waals surface area contributed by atoms with E-state index in [1.54, 1.807) is 0 Å². The van der Waals surface area contributed by atoms with Gasteiger partial charge in [-0.25, -0.2) is 4.79 Å². The van der Waals surface area contributed by atoms with E-state index in [0.29, 0.717) is 25.0 Å². The van der Waals surface area contributed by atoms with Gasteiger partial charge in [-0.3, -0.25) is 14.9 Å². The molecule has 1 aliphatic rings. The zero-order chi connectivity index (χ0) is 21.4. The number of nitro groups is 1. The molecule has 2 N–H and O–H groups in total. The number of nitrogens with one attached hydrogen (secondary N) is 2. The van der Waals surface area contributed by atoms with Crippen LogP contribution in [-0.2, 0) is 14.3 Å². The fraction of sp³-hybridized carbons (Fsp3) is 0.600. The first-order valence-corrected chi connectivity index (χ1v) is 9.81. The van der Waals surface area contributed by atoms with Crippen molar-refractivity contribution in [1.82, 2.24) is 5.32 Å². The molecule has 1 saturated carbocycles. The molecule has 2 rings (SSSR count). The Morgan fingerprint density at radius 2 is 2.03 bits per heavy atom. The highest BCUT2D eigenvalue weighted by molar-refractivity contribution is 5.93. The van der Waals surface area contributed by atoms with Crippen LogP contribution < -0.4 is 10.6 Å². The molecule has 0 spiro atoms. The molecule has 0 unspecified atom stereocenters. The number of benzene rings is 1. The second-order valence-corrected chi connectivity index (χ2v) is 7.43. The van der Waals surface area contributed by atoms with Crippen LogP contribution in [0.2, 0.25) is 0 Å². The molecule has 1 amide bonds. The van der Waals surface area contributed by atoms with Gasteiger partial charge in [0.1, 0.15) is 5.69 Å². The van der Waals surface area contributed by atoms with Crippen LogP contribution in [0, 0.1) is 22.0 Å². The quantitative estimate of drug-likeness (QED) is 0.279. The first-order chi connectivity index (χ1) is 13.8. The second kappa shape index (κ2) is 10.8. The first kappa shape index (κ1) is 22.6. The number of hydrogen-bond acceptors (Lipinski definition) is 7. The number of rotatable bonds is 9. The smallest absolute Gasteiger partial charge is 0.338 e. The summed E-state index contributed by atoms with van der Waals surface area (Å²) in [5, 5.41) is 17.1. The van der Waals surface area contributed by atoms with Crippen LogP contribution in [0.15, 0.2) is 18.2 Å². The Morgan fingerprint density at radius 1 is 1.28 bits per heavy atom. The van der Waals surface area contributed by atoms with E-state index < -0.39 is 17.5 Å². The monoisotopic (exact) mass is 407 g/mol. The van der Waals surface area contributed by atoms with E-state index in [2.05, 4.69) is 24.5 Å². The van der Waals surface area contributed by atoms with Gasteiger partial charge in [0.15, 0.2) is 6.61 Å². The second-order valence-electron chi connectivity index (χ2n) is 7.43. The van der Waals surface area contributed by atoms with Crippen molar-refractivity contribution < 1.29 is 24.0 Å². The van der Waals surface area contributed by atoms with Crippen LogP contribution in [0.25, 0.3) is 0 Å². The van der Waals surface area contributed by atoms with Gasteiger partial charge in [0.05, 0.1) is 17.1 Å². The fourth-order valence-corrected chi connectivity index (χ4v) is 3.50. The average molecular weight is 407 g/mol. The lowest BCUT2D eigenvalue weighted by atomic mass is 9.78. The number of ether oxygens (including phenoxy) is 2. The number of esters is 1. The molecule has 9 heteroatoms. The maximum Gasteiger partial charge on any atom is 0.338 e. The molecule has 0 aliphatic heterocycles. The minimum absolute atomic E-state index is 0.0152. The SMILES string of the molecule is COCCNc1ccc(C(=O)OCC(=O)N[C@H]2CCC[C@H](C)[C@H]2C)cc1[N+](=O)[O-]. The molecule has 0 aromatic heterocycles. The molecule has 9 nitrogen and oxygen atoms in total. The highest BCUT2D eigenvalue weighted by Crippen LogP contribution is 2.29. The molecule has 0 saturated heterocycles. The Kier molecular flexibility index (Phi) is 8.38. The third kappa shape index (κ3) is 6.42. The Bertz CT molecular complexity index is 739. The van der Waals surface area contributed by atoms with Crippen molar-refractivity contribution in [1.29, 1.82) is 0 Å². The first-order valence-electron chi connectivity index (χ1n) is 9.81. The summed E-state index contributed by atoms with van der Waals surface area (Å²) in [7, 11) is 1.53. The summed E-state index contributed by atoms with van der Waals surface area (Å²) in [5.74, 6) is -0.245. The standard InChI is InChI=1S/C20H29N3O6/c1-13-5-4-6-16(14(13)2)22-19(24)12-29-20(25)15-7-8-17(21-9-10-28-3)18(11-15)23(26)27/h7-8,11,13-14,16,21H,4-6,9-10,12H2,1-3H3,(H,22,24)/t13-,14+,16-/m0/s1. The average Bonchev–Trinajstić information content (AvgIpc) is 2.70. The number of amides is 1. The molecule has 0 heterocycles. The summed E-state index contributed by atoms with van der Waals surface area (Å²) in [6, 6.07) is 4.08. The summed E-state index contributed by atoms with van der Waals surface area (Å²) in [6.45, 7) is 4.64. The third-order valence-corrected chi connectivity index (χ3v) is 5.44. The van der Waals surface area contributed by atoms with Gasteiger partial charge in [-0.2, -0.15) is 0 Å². The number of carbonyl (C=O) groups excluding carboxylic acids is 2. The molecule has 3 atom stereocenters. The van der Waals surface area contributed by atoms with Crippen molar-refractivity contribution in [2.24, 2.45) is 11.8 Å². The van der Waals surface area contributed by atoms with Gasteiger partial charge in [-0.05, 0) is 30.4 Å². The van der Waals surface area contributed by atoms with E-state index in [-0.39, 0.29) is 28.9 Å². The van der Waals surface area contributed by atoms with Crippen LogP contribution in [0.5, 0.6) is 0 Å². The molecule has 1 aliphatic carbocycles. The van der Waals surface area contributed by atoms with Crippen LogP contribution in [0.1, 0.15) is 43.5 Å². The van der Waals surface area contributed by atoms with E-state index in [1.165, 1.54) is 19.2 Å². The number of nitro benzene ring substituents is 1. The van der Waals surface area contributed by atoms with Crippen molar-refractivity contribution in [2.75, 3.05) is 32.2 Å². The minimum atomic E-state index is -0.781. The minimum Gasteiger partial charge on any atom is -0.452 e. The van der Waals surface area contributed by atoms with E-state index in [0.717, 1.165) is 25.3 Å². The van der Waals surface area contributed by atoms with E-state index in [4.69, 9.17) is 9.47 Å². The Hall–Kier alpha value is -2.68. The summed E-state index contributed by atoms with van der Waals surface area (Å²) < 4.78 is 9.96. The summed E-state index contributed by atoms with van der Waals surface area (Å²) in [6.07, 6.45) is 3.12. The van der Waals surface area contributed by atoms with Crippen LogP contribution in [-0.4, -0.2) is 49.7 Å². The zero-order valence-corrected chi connectivity index (χ0v) is 17.1. The molecule has 1 aromatic rings. The number of anilines is 1. The molecule has 0 radical (unpaired) electrons. The predicted molar refractivity (Wildman–Crippen MR) is 108 cm³/mol. The van der Waals surface area contributed by atoms with Gasteiger partial charge in [0, 0.05) is 25.8 Å². The van der Waals surface area contributed by atoms with Gasteiger partial charge in [-0.15, -0.1) is 0 Å². The van der Waals surface area contributed by atoms with E-state index in [1.807, 2.05) is 0 Å². The number of carbonyl (C=O) groups is 2. The normalized spacial score (nSPS) is 21.3. The van der Waals surface area contributed by atoms with Crippen LogP contribution >= 0.6 is 0 Å². The van der Waals surface area contributed by atoms with Gasteiger partial charge in [0.25, 0.3) is 11.6 Å². The molecule has 0 bridgehead atoms. The van der Waals surface area contributed by atoms with E-state index >= 15 is 0 Å². The highest BCUT2D eigenvalue weighted by atomic mass is 16.6. The number of hydrogen-bond donors (Lipinski definition) is 2. The maximum absolute atomic E-state index is 12.2. The maximum atomic E-state index is 12.2. The van der Waals surface area contributed by atoms with Gasteiger partial charge in [-0.1, -0.05) is 26.7 Å². The Labute approximate surface area is 170 Å². The lowest BCUT2D eigenvalue weighted by Crippen LogP contribution is -2.45. The van der Waals surface area contributed by atoms with E-state index in [9.17, 15) is 19.7 Å². The predicted octanol–water partition coefficient (Wildman–Crippen LogP) is 2.75. The van der Waals surface area contributed by atoms with Crippen molar-refractivity contribution in [2.45, 2.75) is 39.2 Å². The summed E-state index contributed by atoms with van der Waals surface area (Å²) >= 11 is 0. The van der Waals surface area contributed by atoms with Crippen LogP contribution in [0.3, 0.4) is 0 Å². The molecular weight excluding hydrogens is 378 g/mol. The topological polar surface area (TPSA) is 120 Å². The molecule has 1 aromatic carbocycles. The summed E-state index contributed by atoms with van der Waals surface area (Å²) in [5.41, 5.74) is 0.0493. The van der Waals surface area contributed by atoms with Gasteiger partial charge >= 0.3 is 5.97 Å². The Balaban J connectivity index is 1.93. The van der Waals surface area contributed by atoms with Crippen LogP contribution in [0.4, 0.5) is 11.4 Å². The zero-order valence-electron chi connectivity index (χ0n) is 17.1. The van der Waals surface area contributed by atoms with Gasteiger partial charge < -0.3 is 20.1 Å². The van der Waals surface area contributed by atoms with Crippen molar-refractivity contribution in [3.05, 3.63) is 33.9 Å². The number of methoxy groups -OCH3 is 1. The lowest BCUT2D eigenvalue weighted by molar-refractivity contribution is -0.384. The van der Waals surface area contributed by atoms with Crippen molar-refractivity contribution in [3.8, 4) is 0 Å². The largest absolute Gasteiger partial charge is 0.452 e. The van der Waals surface area contributed by atoms with Crippen molar-refractivity contribution >= 4 is 23.3 Å². The van der Waals surface area contributed by atoms with Crippen molar-refractivity contribution in [3.63, 3.8) is 0 Å². The number of nitrogens with zero attached hydrogens (tertiary/aromatic N) is 1. The third-order valence-electron chi connectivity index (χ3n) is 5.44. The fourth-order valence-electron chi connectivity index (χ4n) is 3.50. The molecule has 29 heavy (non-hydrogen) atoms.